The SMILES string of the molecule is NC(=O)c1cc(S(=O)(=O)N2CCCC2)ccc1OCCC(F)(F)F. The maximum atomic E-state index is 12.5. The van der Waals surface area contributed by atoms with Crippen molar-refractivity contribution in [2.24, 2.45) is 5.73 Å². The van der Waals surface area contributed by atoms with Crippen LogP contribution in [0.3, 0.4) is 0 Å². The van der Waals surface area contributed by atoms with Gasteiger partial charge in [0.05, 0.1) is 23.5 Å². The summed E-state index contributed by atoms with van der Waals surface area (Å²) in [4.78, 5) is 11.4. The van der Waals surface area contributed by atoms with E-state index in [9.17, 15) is 26.4 Å². The average molecular weight is 366 g/mol. The molecule has 0 atom stereocenters. The molecule has 2 N–H and O–H groups in total. The standard InChI is InChI=1S/C14H17F3N2O4S/c15-14(16,17)5-8-23-12-4-3-10(9-11(12)13(18)20)24(21,22)19-6-1-2-7-19/h3-4,9H,1-2,5-8H2,(H2,18,20). The summed E-state index contributed by atoms with van der Waals surface area (Å²) in [5, 5.41) is 0. The Labute approximate surface area is 137 Å². The molecule has 1 aliphatic heterocycles. The number of amides is 1. The third-order valence-corrected chi connectivity index (χ3v) is 5.46. The number of primary amides is 1. The predicted molar refractivity (Wildman–Crippen MR) is 79.1 cm³/mol. The highest BCUT2D eigenvalue weighted by Gasteiger charge is 2.29. The molecular formula is C14H17F3N2O4S. The molecule has 1 heterocycles. The molecule has 0 spiro atoms. The maximum Gasteiger partial charge on any atom is 0.392 e. The molecule has 1 aromatic carbocycles. The maximum absolute atomic E-state index is 12.5. The van der Waals surface area contributed by atoms with E-state index in [1.165, 1.54) is 10.4 Å². The minimum absolute atomic E-state index is 0.138. The van der Waals surface area contributed by atoms with Crippen LogP contribution in [0.4, 0.5) is 13.2 Å². The van der Waals surface area contributed by atoms with Crippen LogP contribution in [0, 0.1) is 0 Å². The number of ether oxygens (including phenoxy) is 1. The van der Waals surface area contributed by atoms with Crippen LogP contribution in [0.15, 0.2) is 23.1 Å². The molecule has 1 aromatic rings. The lowest BCUT2D eigenvalue weighted by atomic mass is 10.2. The fourth-order valence-electron chi connectivity index (χ4n) is 2.34. The van der Waals surface area contributed by atoms with Crippen molar-refractivity contribution in [3.63, 3.8) is 0 Å². The zero-order valence-electron chi connectivity index (χ0n) is 12.7. The molecule has 134 valence electrons. The summed E-state index contributed by atoms with van der Waals surface area (Å²) >= 11 is 0. The smallest absolute Gasteiger partial charge is 0.392 e. The van der Waals surface area contributed by atoms with Gasteiger partial charge < -0.3 is 10.5 Å². The number of alkyl halides is 3. The van der Waals surface area contributed by atoms with Crippen LogP contribution in [0.5, 0.6) is 5.75 Å². The van der Waals surface area contributed by atoms with E-state index in [2.05, 4.69) is 0 Å². The van der Waals surface area contributed by atoms with Crippen molar-refractivity contribution in [3.8, 4) is 5.75 Å². The van der Waals surface area contributed by atoms with E-state index in [1.807, 2.05) is 0 Å². The van der Waals surface area contributed by atoms with Crippen molar-refractivity contribution in [2.45, 2.75) is 30.3 Å². The fraction of sp³-hybridized carbons (Fsp3) is 0.500. The van der Waals surface area contributed by atoms with E-state index >= 15 is 0 Å². The summed E-state index contributed by atoms with van der Waals surface area (Å²) in [6.07, 6.45) is -4.09. The molecule has 2 rings (SSSR count). The van der Waals surface area contributed by atoms with Crippen molar-refractivity contribution < 1.29 is 31.1 Å². The van der Waals surface area contributed by atoms with Crippen LogP contribution < -0.4 is 10.5 Å². The first-order chi connectivity index (χ1) is 11.1. The Kier molecular flexibility index (Phi) is 5.38. The molecule has 0 saturated carbocycles. The van der Waals surface area contributed by atoms with E-state index in [4.69, 9.17) is 10.5 Å². The number of rotatable bonds is 6. The summed E-state index contributed by atoms with van der Waals surface area (Å²) in [7, 11) is -3.77. The van der Waals surface area contributed by atoms with Crippen LogP contribution >= 0.6 is 0 Å². The number of sulfonamides is 1. The summed E-state index contributed by atoms with van der Waals surface area (Å²) in [6.45, 7) is 0.0815. The van der Waals surface area contributed by atoms with Gasteiger partial charge in [0.25, 0.3) is 5.91 Å². The van der Waals surface area contributed by atoms with E-state index in [0.29, 0.717) is 13.1 Å². The lowest BCUT2D eigenvalue weighted by Gasteiger charge is -2.17. The number of nitrogens with two attached hydrogens (primary N) is 1. The second-order valence-corrected chi connectivity index (χ2v) is 7.28. The minimum Gasteiger partial charge on any atom is -0.492 e. The van der Waals surface area contributed by atoms with Gasteiger partial charge in [0, 0.05) is 13.1 Å². The van der Waals surface area contributed by atoms with Gasteiger partial charge in [0.2, 0.25) is 10.0 Å². The second kappa shape index (κ2) is 6.98. The van der Waals surface area contributed by atoms with Gasteiger partial charge in [0.15, 0.2) is 0 Å². The van der Waals surface area contributed by atoms with Crippen molar-refractivity contribution >= 4 is 15.9 Å². The Morgan fingerprint density at radius 1 is 1.25 bits per heavy atom. The molecule has 0 aromatic heterocycles. The normalized spacial score (nSPS) is 16.3. The van der Waals surface area contributed by atoms with Crippen molar-refractivity contribution in [3.05, 3.63) is 23.8 Å². The molecule has 10 heteroatoms. The molecule has 1 fully saturated rings. The Hall–Kier alpha value is -1.81. The van der Waals surface area contributed by atoms with Gasteiger partial charge in [-0.25, -0.2) is 8.42 Å². The van der Waals surface area contributed by atoms with E-state index in [-0.39, 0.29) is 16.2 Å². The molecule has 0 aliphatic carbocycles. The zero-order chi connectivity index (χ0) is 18.0. The van der Waals surface area contributed by atoms with Crippen molar-refractivity contribution in [1.29, 1.82) is 0 Å². The lowest BCUT2D eigenvalue weighted by Crippen LogP contribution is -2.28. The number of hydrogen-bond acceptors (Lipinski definition) is 4. The summed E-state index contributed by atoms with van der Waals surface area (Å²) in [5.41, 5.74) is 4.92. The Bertz CT molecular complexity index is 713. The zero-order valence-corrected chi connectivity index (χ0v) is 13.5. The number of hydrogen-bond donors (Lipinski definition) is 1. The fourth-order valence-corrected chi connectivity index (χ4v) is 3.89. The summed E-state index contributed by atoms with van der Waals surface area (Å²) < 4.78 is 67.6. The molecule has 0 unspecified atom stereocenters. The lowest BCUT2D eigenvalue weighted by molar-refractivity contribution is -0.139. The molecular weight excluding hydrogens is 349 g/mol. The van der Waals surface area contributed by atoms with Gasteiger partial charge in [-0.05, 0) is 31.0 Å². The monoisotopic (exact) mass is 366 g/mol. The molecule has 0 bridgehead atoms. The van der Waals surface area contributed by atoms with Crippen molar-refractivity contribution in [2.75, 3.05) is 19.7 Å². The Morgan fingerprint density at radius 3 is 2.42 bits per heavy atom. The molecule has 1 amide bonds. The highest BCUT2D eigenvalue weighted by molar-refractivity contribution is 7.89. The average Bonchev–Trinajstić information content (AvgIpc) is 3.00. The number of nitrogens with zero attached hydrogens (tertiary/aromatic N) is 1. The Morgan fingerprint density at radius 2 is 1.88 bits per heavy atom. The van der Waals surface area contributed by atoms with Gasteiger partial charge in [-0.3, -0.25) is 4.79 Å². The van der Waals surface area contributed by atoms with Crippen LogP contribution in [-0.4, -0.2) is 44.5 Å². The van der Waals surface area contributed by atoms with Gasteiger partial charge >= 0.3 is 6.18 Å². The number of halogens is 3. The van der Waals surface area contributed by atoms with E-state index in [1.54, 1.807) is 0 Å². The third-order valence-electron chi connectivity index (χ3n) is 3.56. The first-order valence-electron chi connectivity index (χ1n) is 7.25. The highest BCUT2D eigenvalue weighted by Crippen LogP contribution is 2.27. The van der Waals surface area contributed by atoms with Gasteiger partial charge in [-0.1, -0.05) is 0 Å². The third kappa shape index (κ3) is 4.38. The predicted octanol–water partition coefficient (Wildman–Crippen LogP) is 1.90. The summed E-state index contributed by atoms with van der Waals surface area (Å²) in [6, 6.07) is 3.39. The Balaban J connectivity index is 2.24. The highest BCUT2D eigenvalue weighted by atomic mass is 32.2. The van der Waals surface area contributed by atoms with Gasteiger partial charge in [-0.2, -0.15) is 17.5 Å². The van der Waals surface area contributed by atoms with Gasteiger partial charge in [0.1, 0.15) is 5.75 Å². The van der Waals surface area contributed by atoms with Gasteiger partial charge in [-0.15, -0.1) is 0 Å². The molecule has 1 aliphatic rings. The number of benzene rings is 1. The summed E-state index contributed by atoms with van der Waals surface area (Å²) in [5.74, 6) is -1.15. The second-order valence-electron chi connectivity index (χ2n) is 5.35. The molecule has 0 radical (unpaired) electrons. The number of carbonyl (C=O) groups excluding carboxylic acids is 1. The van der Waals surface area contributed by atoms with E-state index in [0.717, 1.165) is 25.0 Å². The van der Waals surface area contributed by atoms with E-state index < -0.39 is 35.1 Å². The van der Waals surface area contributed by atoms with Crippen LogP contribution in [0.1, 0.15) is 29.6 Å². The molecule has 6 nitrogen and oxygen atoms in total. The van der Waals surface area contributed by atoms with Crippen LogP contribution in [-0.2, 0) is 10.0 Å². The quantitative estimate of drug-likeness (QED) is 0.833. The van der Waals surface area contributed by atoms with Crippen LogP contribution in [0.25, 0.3) is 0 Å². The molecule has 1 saturated heterocycles. The largest absolute Gasteiger partial charge is 0.492 e. The number of carbonyl (C=O) groups is 1. The van der Waals surface area contributed by atoms with Crippen LogP contribution in [0.2, 0.25) is 0 Å². The topological polar surface area (TPSA) is 89.7 Å². The first-order valence-corrected chi connectivity index (χ1v) is 8.69. The molecule has 24 heavy (non-hydrogen) atoms. The minimum atomic E-state index is -4.40. The first kappa shape index (κ1) is 18.5. The van der Waals surface area contributed by atoms with Crippen molar-refractivity contribution in [1.82, 2.24) is 4.31 Å².